The van der Waals surface area contributed by atoms with Crippen LogP contribution in [0, 0.1) is 6.92 Å². The Balaban J connectivity index is 2.25. The number of thioether (sulfide) groups is 1. The van der Waals surface area contributed by atoms with Crippen LogP contribution in [0.2, 0.25) is 0 Å². The van der Waals surface area contributed by atoms with Gasteiger partial charge in [0.1, 0.15) is 16.2 Å². The van der Waals surface area contributed by atoms with Crippen LogP contribution in [0.1, 0.15) is 11.9 Å². The number of nitrogens with zero attached hydrogens (tertiary/aromatic N) is 3. The molecule has 5 heteroatoms. The molecule has 2 aromatic heterocycles. The third-order valence-corrected chi connectivity index (χ3v) is 4.54. The van der Waals surface area contributed by atoms with E-state index in [-0.39, 0.29) is 0 Å². The van der Waals surface area contributed by atoms with Gasteiger partial charge < -0.3 is 0 Å². The zero-order chi connectivity index (χ0) is 13.2. The maximum Gasteiger partial charge on any atom is 0.146 e. The molecule has 3 aromatic rings. The zero-order valence-electron chi connectivity index (χ0n) is 10.8. The summed E-state index contributed by atoms with van der Waals surface area (Å²) in [5.74, 6) is 0.977. The second-order valence-corrected chi connectivity index (χ2v) is 6.52. The van der Waals surface area contributed by atoms with Crippen LogP contribution in [-0.2, 0) is 0 Å². The summed E-state index contributed by atoms with van der Waals surface area (Å²) in [5, 5.41) is 10.7. The Bertz CT molecular complexity index is 707. The van der Waals surface area contributed by atoms with Gasteiger partial charge in [0.25, 0.3) is 0 Å². The number of rotatable bonds is 3. The number of hydrogen-bond donors (Lipinski definition) is 0. The van der Waals surface area contributed by atoms with Gasteiger partial charge in [0, 0.05) is 5.56 Å². The Labute approximate surface area is 120 Å². The molecule has 0 aliphatic heterocycles. The Morgan fingerprint density at radius 3 is 2.68 bits per heavy atom. The maximum atomic E-state index is 4.61. The summed E-state index contributed by atoms with van der Waals surface area (Å²) in [6, 6.07) is 10.2. The number of benzene rings is 1. The second-order valence-electron chi connectivity index (χ2n) is 4.06. The molecule has 0 unspecified atom stereocenters. The Morgan fingerprint density at radius 2 is 1.95 bits per heavy atom. The molecule has 0 amide bonds. The molecule has 96 valence electrons. The van der Waals surface area contributed by atoms with Crippen LogP contribution in [0.15, 0.2) is 35.4 Å². The van der Waals surface area contributed by atoms with E-state index in [9.17, 15) is 0 Å². The van der Waals surface area contributed by atoms with Crippen molar-refractivity contribution in [2.24, 2.45) is 0 Å². The first kappa shape index (κ1) is 12.6. The third kappa shape index (κ3) is 2.35. The van der Waals surface area contributed by atoms with Crippen molar-refractivity contribution >= 4 is 33.3 Å². The molecule has 0 bridgehead atoms. The molecule has 3 rings (SSSR count). The first-order valence-electron chi connectivity index (χ1n) is 6.11. The van der Waals surface area contributed by atoms with Crippen molar-refractivity contribution in [1.82, 2.24) is 15.2 Å². The normalized spacial score (nSPS) is 11.1. The van der Waals surface area contributed by atoms with Gasteiger partial charge in [-0.25, -0.2) is 4.98 Å². The number of thiazole rings is 1. The maximum absolute atomic E-state index is 4.61. The van der Waals surface area contributed by atoms with Crippen molar-refractivity contribution in [2.75, 3.05) is 5.75 Å². The lowest BCUT2D eigenvalue weighted by molar-refractivity contribution is 0.956. The van der Waals surface area contributed by atoms with E-state index in [2.05, 4.69) is 34.2 Å². The molecule has 2 heterocycles. The van der Waals surface area contributed by atoms with Crippen molar-refractivity contribution in [3.8, 4) is 11.3 Å². The quantitative estimate of drug-likeness (QED) is 0.678. The molecule has 3 nitrogen and oxygen atoms in total. The summed E-state index contributed by atoms with van der Waals surface area (Å²) in [6.45, 7) is 4.14. The molecule has 1 aromatic carbocycles. The van der Waals surface area contributed by atoms with E-state index in [1.807, 2.05) is 25.1 Å². The van der Waals surface area contributed by atoms with Crippen molar-refractivity contribution in [2.45, 2.75) is 18.9 Å². The molecular weight excluding hydrogens is 274 g/mol. The van der Waals surface area contributed by atoms with Crippen LogP contribution in [0.4, 0.5) is 0 Å². The first-order valence-corrected chi connectivity index (χ1v) is 7.92. The summed E-state index contributed by atoms with van der Waals surface area (Å²) < 4.78 is 1.13. The number of aromatic nitrogens is 3. The minimum atomic E-state index is 0.932. The lowest BCUT2D eigenvalue weighted by atomic mass is 10.1. The van der Waals surface area contributed by atoms with Gasteiger partial charge in [-0.3, -0.25) is 0 Å². The van der Waals surface area contributed by atoms with Gasteiger partial charge in [0.05, 0.1) is 9.71 Å². The SMILES string of the molecule is CCSc1nnc(-c2ccccc2)c2sc(C)nc12. The fourth-order valence-electron chi connectivity index (χ4n) is 1.94. The van der Waals surface area contributed by atoms with Crippen molar-refractivity contribution in [1.29, 1.82) is 0 Å². The highest BCUT2D eigenvalue weighted by Gasteiger charge is 2.14. The van der Waals surface area contributed by atoms with E-state index in [4.69, 9.17) is 0 Å². The highest BCUT2D eigenvalue weighted by Crippen LogP contribution is 2.34. The molecule has 0 aliphatic carbocycles. The van der Waals surface area contributed by atoms with Crippen molar-refractivity contribution < 1.29 is 0 Å². The summed E-state index contributed by atoms with van der Waals surface area (Å²) in [5.41, 5.74) is 3.02. The first-order chi connectivity index (χ1) is 9.29. The Hall–Kier alpha value is -1.46. The summed E-state index contributed by atoms with van der Waals surface area (Å²) >= 11 is 3.38. The van der Waals surface area contributed by atoms with E-state index in [0.717, 1.165) is 37.3 Å². The third-order valence-electron chi connectivity index (χ3n) is 2.72. The largest absolute Gasteiger partial charge is 0.238 e. The monoisotopic (exact) mass is 287 g/mol. The lowest BCUT2D eigenvalue weighted by Gasteiger charge is -2.03. The number of fused-ring (bicyclic) bond motifs is 1. The molecule has 0 atom stereocenters. The van der Waals surface area contributed by atoms with Gasteiger partial charge in [-0.1, -0.05) is 37.3 Å². The second kappa shape index (κ2) is 5.27. The van der Waals surface area contributed by atoms with Gasteiger partial charge in [0.2, 0.25) is 0 Å². The van der Waals surface area contributed by atoms with E-state index in [1.165, 1.54) is 0 Å². The predicted octanol–water partition coefficient (Wildman–Crippen LogP) is 4.17. The molecule has 0 N–H and O–H groups in total. The highest BCUT2D eigenvalue weighted by molar-refractivity contribution is 7.99. The molecule has 19 heavy (non-hydrogen) atoms. The fourth-order valence-corrected chi connectivity index (χ4v) is 3.59. The Morgan fingerprint density at radius 1 is 1.16 bits per heavy atom. The summed E-state index contributed by atoms with van der Waals surface area (Å²) in [6.07, 6.45) is 0. The highest BCUT2D eigenvalue weighted by atomic mass is 32.2. The van der Waals surface area contributed by atoms with Gasteiger partial charge >= 0.3 is 0 Å². The average molecular weight is 287 g/mol. The van der Waals surface area contributed by atoms with Crippen LogP contribution >= 0.6 is 23.1 Å². The smallest absolute Gasteiger partial charge is 0.146 e. The molecule has 0 saturated carbocycles. The molecular formula is C14H13N3S2. The summed E-state index contributed by atoms with van der Waals surface area (Å²) in [4.78, 5) is 4.61. The standard InChI is InChI=1S/C14H13N3S2/c1-3-18-14-12-13(19-9(2)15-12)11(16-17-14)10-7-5-4-6-8-10/h4-8H,3H2,1-2H3. The summed E-state index contributed by atoms with van der Waals surface area (Å²) in [7, 11) is 0. The topological polar surface area (TPSA) is 38.7 Å². The molecule has 0 spiro atoms. The van der Waals surface area contributed by atoms with Crippen LogP contribution in [-0.4, -0.2) is 20.9 Å². The lowest BCUT2D eigenvalue weighted by Crippen LogP contribution is -1.92. The van der Waals surface area contributed by atoms with Crippen LogP contribution < -0.4 is 0 Å². The van der Waals surface area contributed by atoms with Gasteiger partial charge in [-0.2, -0.15) is 0 Å². The minimum Gasteiger partial charge on any atom is -0.238 e. The van der Waals surface area contributed by atoms with Crippen LogP contribution in [0.3, 0.4) is 0 Å². The molecule has 0 fully saturated rings. The average Bonchev–Trinajstić information content (AvgIpc) is 2.82. The Kier molecular flexibility index (Phi) is 3.48. The van der Waals surface area contributed by atoms with E-state index >= 15 is 0 Å². The predicted molar refractivity (Wildman–Crippen MR) is 81.8 cm³/mol. The van der Waals surface area contributed by atoms with Crippen molar-refractivity contribution in [3.63, 3.8) is 0 Å². The van der Waals surface area contributed by atoms with Crippen LogP contribution in [0.5, 0.6) is 0 Å². The number of aryl methyl sites for hydroxylation is 1. The van der Waals surface area contributed by atoms with Crippen molar-refractivity contribution in [3.05, 3.63) is 35.3 Å². The van der Waals surface area contributed by atoms with Crippen LogP contribution in [0.25, 0.3) is 21.5 Å². The molecule has 0 saturated heterocycles. The minimum absolute atomic E-state index is 0.932. The number of hydrogen-bond acceptors (Lipinski definition) is 5. The molecule has 0 radical (unpaired) electrons. The van der Waals surface area contributed by atoms with E-state index < -0.39 is 0 Å². The van der Waals surface area contributed by atoms with Gasteiger partial charge in [-0.05, 0) is 12.7 Å². The van der Waals surface area contributed by atoms with Gasteiger partial charge in [-0.15, -0.1) is 33.3 Å². The van der Waals surface area contributed by atoms with Gasteiger partial charge in [0.15, 0.2) is 0 Å². The molecule has 0 aliphatic rings. The zero-order valence-corrected chi connectivity index (χ0v) is 12.4. The van der Waals surface area contributed by atoms with E-state index in [0.29, 0.717) is 0 Å². The van der Waals surface area contributed by atoms with E-state index in [1.54, 1.807) is 23.1 Å². The fraction of sp³-hybridized carbons (Fsp3) is 0.214.